The largest absolute Gasteiger partial charge is 0.489 e. The molecule has 48 heavy (non-hydrogen) atoms. The van der Waals surface area contributed by atoms with Gasteiger partial charge >= 0.3 is 0 Å². The molecule has 15 heteroatoms. The molecule has 2 unspecified atom stereocenters. The number of rotatable bonds is 12. The van der Waals surface area contributed by atoms with Gasteiger partial charge in [0.1, 0.15) is 17.3 Å². The zero-order chi connectivity index (χ0) is 34.1. The van der Waals surface area contributed by atoms with Gasteiger partial charge in [-0.2, -0.15) is 18.6 Å². The zero-order valence-corrected chi connectivity index (χ0v) is 29.8. The van der Waals surface area contributed by atoms with E-state index < -0.39 is 10.1 Å². The Balaban J connectivity index is 1.03. The molecule has 6 rings (SSSR count). The summed E-state index contributed by atoms with van der Waals surface area (Å²) in [5.74, 6) is 2.61. The molecule has 2 atom stereocenters. The van der Waals surface area contributed by atoms with E-state index in [1.54, 1.807) is 10.9 Å². The van der Waals surface area contributed by atoms with Crippen molar-refractivity contribution in [2.24, 2.45) is 0 Å². The third kappa shape index (κ3) is 8.12. The summed E-state index contributed by atoms with van der Waals surface area (Å²) >= 11 is 0. The van der Waals surface area contributed by atoms with E-state index in [1.165, 1.54) is 19.3 Å². The van der Waals surface area contributed by atoms with Crippen LogP contribution < -0.4 is 20.3 Å². The number of anilines is 2. The van der Waals surface area contributed by atoms with Crippen molar-refractivity contribution in [1.82, 2.24) is 39.5 Å². The summed E-state index contributed by atoms with van der Waals surface area (Å²) in [6, 6.07) is 7.32. The third-order valence-corrected chi connectivity index (χ3v) is 9.97. The first-order valence-electron chi connectivity index (χ1n) is 17.1. The molecule has 0 amide bonds. The Morgan fingerprint density at radius 2 is 1.75 bits per heavy atom. The van der Waals surface area contributed by atoms with Crippen molar-refractivity contribution >= 4 is 27.5 Å². The average molecular weight is 683 g/mol. The van der Waals surface area contributed by atoms with E-state index in [1.807, 2.05) is 23.0 Å². The summed E-state index contributed by atoms with van der Waals surface area (Å²) in [5, 5.41) is 25.4. The fourth-order valence-corrected chi connectivity index (χ4v) is 7.10. The summed E-state index contributed by atoms with van der Waals surface area (Å²) in [7, 11) is -3.50. The minimum atomic E-state index is -3.50. The Hall–Kier alpha value is -3.69. The minimum absolute atomic E-state index is 0.0181. The van der Waals surface area contributed by atoms with Crippen LogP contribution in [0.5, 0.6) is 5.75 Å². The van der Waals surface area contributed by atoms with Crippen molar-refractivity contribution in [2.75, 3.05) is 29.7 Å². The van der Waals surface area contributed by atoms with Crippen LogP contribution in [0, 0.1) is 0 Å². The lowest BCUT2D eigenvalue weighted by atomic mass is 9.92. The molecule has 0 bridgehead atoms. The van der Waals surface area contributed by atoms with Crippen molar-refractivity contribution < 1.29 is 17.3 Å². The van der Waals surface area contributed by atoms with Crippen LogP contribution in [0.15, 0.2) is 36.8 Å². The molecule has 1 aliphatic carbocycles. The second kappa shape index (κ2) is 14.0. The van der Waals surface area contributed by atoms with Gasteiger partial charge in [-0.1, -0.05) is 20.8 Å². The standard InChI is InChI=1S/C33H50N10O4S/c1-23-8-7-9-24(2)42(23)32-38-37-30-15-14-28(21-41(30)32)47-27-12-10-25(11-13-27)34-22-35-31-18-29(33(3,4)5)39-43(31)26-19-36-40(20-26)16-17-46-48(6,44)45/h14-15,18-21,23-25,27,34-35H,7-13,16-17,22H2,1-6H3. The topological polar surface area (TPSA) is 146 Å². The van der Waals surface area contributed by atoms with Crippen molar-refractivity contribution in [3.05, 3.63) is 42.5 Å². The maximum atomic E-state index is 11.3. The lowest BCUT2D eigenvalue weighted by molar-refractivity contribution is 0.139. The van der Waals surface area contributed by atoms with Gasteiger partial charge in [-0.25, -0.2) is 4.68 Å². The first-order chi connectivity index (χ1) is 22.8. The summed E-state index contributed by atoms with van der Waals surface area (Å²) < 4.78 is 39.6. The molecule has 262 valence electrons. The normalized spacial score (nSPS) is 22.3. The van der Waals surface area contributed by atoms with Crippen LogP contribution in [0.25, 0.3) is 11.3 Å². The van der Waals surface area contributed by atoms with Crippen LogP contribution in [-0.4, -0.2) is 86.3 Å². The number of aromatic nitrogens is 7. The van der Waals surface area contributed by atoms with E-state index >= 15 is 0 Å². The van der Waals surface area contributed by atoms with Gasteiger partial charge in [-0.15, -0.1) is 10.2 Å². The van der Waals surface area contributed by atoms with E-state index in [4.69, 9.17) is 14.0 Å². The summed E-state index contributed by atoms with van der Waals surface area (Å²) in [6.07, 6.45) is 14.4. The molecule has 2 N–H and O–H groups in total. The predicted octanol–water partition coefficient (Wildman–Crippen LogP) is 4.50. The lowest BCUT2D eigenvalue weighted by Gasteiger charge is -2.39. The smallest absolute Gasteiger partial charge is 0.264 e. The molecule has 1 saturated heterocycles. The third-order valence-electron chi connectivity index (χ3n) is 9.38. The van der Waals surface area contributed by atoms with Crippen LogP contribution >= 0.6 is 0 Å². The molecule has 4 aromatic rings. The molecule has 1 saturated carbocycles. The van der Waals surface area contributed by atoms with E-state index in [2.05, 4.69) is 82.1 Å². The fourth-order valence-electron chi connectivity index (χ4n) is 6.72. The first-order valence-corrected chi connectivity index (χ1v) is 18.9. The maximum Gasteiger partial charge on any atom is 0.264 e. The monoisotopic (exact) mass is 682 g/mol. The fraction of sp³-hybridized carbons (Fsp3) is 0.636. The Bertz CT molecular complexity index is 1770. The summed E-state index contributed by atoms with van der Waals surface area (Å²) in [6.45, 7) is 11.9. The molecule has 4 aromatic heterocycles. The van der Waals surface area contributed by atoms with E-state index in [0.717, 1.165) is 66.5 Å². The van der Waals surface area contributed by atoms with E-state index in [0.29, 0.717) is 31.3 Å². The molecule has 0 aromatic carbocycles. The second-order valence-electron chi connectivity index (χ2n) is 14.3. The van der Waals surface area contributed by atoms with E-state index in [-0.39, 0.29) is 18.1 Å². The van der Waals surface area contributed by atoms with Gasteiger partial charge in [-0.3, -0.25) is 18.6 Å². The number of fused-ring (bicyclic) bond motifs is 1. The maximum absolute atomic E-state index is 11.3. The molecular weight excluding hydrogens is 632 g/mol. The number of nitrogens with zero attached hydrogens (tertiary/aromatic N) is 8. The van der Waals surface area contributed by atoms with Crippen molar-refractivity contribution in [1.29, 1.82) is 0 Å². The molecular formula is C33H50N10O4S. The molecule has 0 spiro atoms. The molecule has 1 aliphatic heterocycles. The van der Waals surface area contributed by atoms with Gasteiger partial charge in [0.05, 0.1) is 56.5 Å². The number of nitrogens with one attached hydrogen (secondary N) is 2. The van der Waals surface area contributed by atoms with Crippen LogP contribution in [0.4, 0.5) is 11.8 Å². The van der Waals surface area contributed by atoms with Crippen molar-refractivity contribution in [2.45, 2.75) is 116 Å². The Morgan fingerprint density at radius 3 is 2.46 bits per heavy atom. The highest BCUT2D eigenvalue weighted by Gasteiger charge is 2.29. The number of hydrogen-bond acceptors (Lipinski definition) is 11. The van der Waals surface area contributed by atoms with Gasteiger partial charge in [0, 0.05) is 29.6 Å². The quantitative estimate of drug-likeness (QED) is 0.161. The Morgan fingerprint density at radius 1 is 1.00 bits per heavy atom. The summed E-state index contributed by atoms with van der Waals surface area (Å²) in [4.78, 5) is 2.41. The molecule has 5 heterocycles. The minimum Gasteiger partial charge on any atom is -0.489 e. The highest BCUT2D eigenvalue weighted by atomic mass is 32.2. The van der Waals surface area contributed by atoms with Gasteiger partial charge < -0.3 is 15.0 Å². The summed E-state index contributed by atoms with van der Waals surface area (Å²) in [5.41, 5.74) is 2.43. The number of hydrogen-bond donors (Lipinski definition) is 2. The van der Waals surface area contributed by atoms with Gasteiger partial charge in [0.25, 0.3) is 10.1 Å². The molecule has 14 nitrogen and oxygen atoms in total. The zero-order valence-electron chi connectivity index (χ0n) is 29.0. The Labute approximate surface area is 283 Å². The lowest BCUT2D eigenvalue weighted by Crippen LogP contribution is -2.44. The van der Waals surface area contributed by atoms with Crippen molar-refractivity contribution in [3.8, 4) is 11.4 Å². The van der Waals surface area contributed by atoms with Gasteiger partial charge in [0.2, 0.25) is 5.95 Å². The number of ether oxygens (including phenoxy) is 1. The predicted molar refractivity (Wildman–Crippen MR) is 185 cm³/mol. The molecule has 2 fully saturated rings. The van der Waals surface area contributed by atoms with Gasteiger partial charge in [-0.05, 0) is 70.9 Å². The van der Waals surface area contributed by atoms with Crippen LogP contribution in [-0.2, 0) is 26.3 Å². The second-order valence-corrected chi connectivity index (χ2v) is 16.0. The average Bonchev–Trinajstić information content (AvgIpc) is 3.76. The first kappa shape index (κ1) is 34.2. The Kier molecular flexibility index (Phi) is 10.00. The van der Waals surface area contributed by atoms with Crippen LogP contribution in [0.2, 0.25) is 0 Å². The SMILES string of the molecule is CC1CCCC(C)N1c1nnc2ccc(OC3CCC(NCNc4cc(C(C)(C)C)nn4-c4cnn(CCOS(C)(=O)=O)c4)CC3)cn12. The van der Waals surface area contributed by atoms with Crippen LogP contribution in [0.3, 0.4) is 0 Å². The van der Waals surface area contributed by atoms with Crippen LogP contribution in [0.1, 0.15) is 85.3 Å². The number of pyridine rings is 1. The van der Waals surface area contributed by atoms with E-state index in [9.17, 15) is 8.42 Å². The van der Waals surface area contributed by atoms with Gasteiger partial charge in [0.15, 0.2) is 5.65 Å². The van der Waals surface area contributed by atoms with Crippen molar-refractivity contribution in [3.63, 3.8) is 0 Å². The highest BCUT2D eigenvalue weighted by molar-refractivity contribution is 7.85. The molecule has 0 radical (unpaired) electrons. The highest BCUT2D eigenvalue weighted by Crippen LogP contribution is 2.31. The molecule has 2 aliphatic rings. The number of piperidine rings is 1.